The summed E-state index contributed by atoms with van der Waals surface area (Å²) >= 11 is 0. The first kappa shape index (κ1) is 26.2. The van der Waals surface area contributed by atoms with Crippen molar-refractivity contribution in [1.29, 1.82) is 0 Å². The monoisotopic (exact) mass is 560 g/mol. The van der Waals surface area contributed by atoms with Gasteiger partial charge in [-0.15, -0.1) is 10.2 Å². The number of nitrogens with one attached hydrogen (secondary N) is 1. The van der Waals surface area contributed by atoms with Crippen LogP contribution in [-0.4, -0.2) is 70.5 Å². The van der Waals surface area contributed by atoms with Gasteiger partial charge in [0.15, 0.2) is 17.3 Å². The van der Waals surface area contributed by atoms with Gasteiger partial charge in [-0.05, 0) is 52.9 Å². The Bertz CT molecular complexity index is 1710. The van der Waals surface area contributed by atoms with E-state index in [2.05, 4.69) is 43.4 Å². The van der Waals surface area contributed by atoms with Gasteiger partial charge in [0.05, 0.1) is 37.8 Å². The highest BCUT2D eigenvalue weighted by Gasteiger charge is 2.25. The van der Waals surface area contributed by atoms with E-state index in [0.717, 1.165) is 30.3 Å². The molecule has 0 spiro atoms. The van der Waals surface area contributed by atoms with E-state index < -0.39 is 11.7 Å². The molecular formula is C26H25FN10O4. The largest absolute Gasteiger partial charge is 0.494 e. The van der Waals surface area contributed by atoms with Crippen LogP contribution in [0.3, 0.4) is 0 Å². The fourth-order valence-corrected chi connectivity index (χ4v) is 4.59. The second-order valence-electron chi connectivity index (χ2n) is 9.54. The molecule has 1 aliphatic carbocycles. The number of aromatic nitrogens is 9. The van der Waals surface area contributed by atoms with Crippen molar-refractivity contribution in [2.45, 2.75) is 38.5 Å². The third kappa shape index (κ3) is 5.51. The van der Waals surface area contributed by atoms with Gasteiger partial charge in [-0.1, -0.05) is 5.21 Å². The molecule has 15 heteroatoms. The molecule has 1 aromatic carbocycles. The molecule has 0 atom stereocenters. The fourth-order valence-electron chi connectivity index (χ4n) is 4.59. The van der Waals surface area contributed by atoms with Crippen LogP contribution in [0.2, 0.25) is 0 Å². The summed E-state index contributed by atoms with van der Waals surface area (Å²) in [6.07, 6.45) is 9.80. The van der Waals surface area contributed by atoms with E-state index in [1.165, 1.54) is 40.6 Å². The van der Waals surface area contributed by atoms with Crippen molar-refractivity contribution in [3.8, 4) is 11.4 Å². The van der Waals surface area contributed by atoms with E-state index in [9.17, 15) is 9.59 Å². The number of tetrazole rings is 1. The minimum atomic E-state index is -0.642. The molecule has 0 unspecified atom stereocenters. The number of benzene rings is 1. The Morgan fingerprint density at radius 2 is 2.10 bits per heavy atom. The number of halogens is 1. The molecule has 6 rings (SSSR count). The molecule has 210 valence electrons. The van der Waals surface area contributed by atoms with Crippen molar-refractivity contribution < 1.29 is 23.5 Å². The first-order chi connectivity index (χ1) is 20.0. The highest BCUT2D eigenvalue weighted by atomic mass is 19.1. The van der Waals surface area contributed by atoms with E-state index in [1.54, 1.807) is 6.07 Å². The van der Waals surface area contributed by atoms with E-state index in [4.69, 9.17) is 14.5 Å². The first-order valence-electron chi connectivity index (χ1n) is 12.8. The Morgan fingerprint density at radius 1 is 1.22 bits per heavy atom. The summed E-state index contributed by atoms with van der Waals surface area (Å²) < 4.78 is 30.4. The number of rotatable bonds is 12. The molecule has 1 aliphatic rings. The standard InChI is InChI=1S/C26H25FN10O4/c1-40-23-5-4-22(37-15-29-32-34-37)20(24(23)27)9-28-26(39)21-13-36(33-31-21)12-19-11-35-10-17(16-2-3-16)8-18(25(35)30-19)14-41-7-6-38/h4-6,8,10-11,13,15-16H,2-3,7,9,12,14H2,1H3,(H,28,39). The number of nitrogens with zero attached hydrogens (tertiary/aromatic N) is 9. The first-order valence-corrected chi connectivity index (χ1v) is 12.8. The lowest BCUT2D eigenvalue weighted by Crippen LogP contribution is -2.25. The van der Waals surface area contributed by atoms with Crippen molar-refractivity contribution in [2.24, 2.45) is 0 Å². The minimum absolute atomic E-state index is 0.0145. The quantitative estimate of drug-likeness (QED) is 0.176. The summed E-state index contributed by atoms with van der Waals surface area (Å²) in [6, 6.07) is 5.14. The second kappa shape index (κ2) is 11.2. The van der Waals surface area contributed by atoms with Gasteiger partial charge in [0.2, 0.25) is 0 Å². The zero-order chi connectivity index (χ0) is 28.3. The molecule has 5 aromatic rings. The van der Waals surface area contributed by atoms with Gasteiger partial charge in [0, 0.05) is 30.1 Å². The Labute approximate surface area is 232 Å². The third-order valence-electron chi connectivity index (χ3n) is 6.71. The Kier molecular flexibility index (Phi) is 7.16. The Balaban J connectivity index is 1.17. The Morgan fingerprint density at radius 3 is 2.85 bits per heavy atom. The normalized spacial score (nSPS) is 13.0. The molecule has 14 nitrogen and oxygen atoms in total. The molecule has 4 heterocycles. The molecular weight excluding hydrogens is 535 g/mol. The molecule has 41 heavy (non-hydrogen) atoms. The highest BCUT2D eigenvalue weighted by molar-refractivity contribution is 5.91. The number of imidazole rings is 1. The molecule has 1 N–H and O–H groups in total. The number of carbonyl (C=O) groups excluding carboxylic acids is 2. The predicted molar refractivity (Wildman–Crippen MR) is 139 cm³/mol. The van der Waals surface area contributed by atoms with Crippen LogP contribution in [-0.2, 0) is 29.2 Å². The summed E-state index contributed by atoms with van der Waals surface area (Å²) in [5.41, 5.74) is 4.09. The van der Waals surface area contributed by atoms with Crippen LogP contribution < -0.4 is 10.1 Å². The van der Waals surface area contributed by atoms with Gasteiger partial charge in [-0.3, -0.25) is 4.79 Å². The number of methoxy groups -OCH3 is 1. The zero-order valence-corrected chi connectivity index (χ0v) is 22.0. The number of amides is 1. The molecule has 0 radical (unpaired) electrons. The van der Waals surface area contributed by atoms with E-state index >= 15 is 4.39 Å². The van der Waals surface area contributed by atoms with Gasteiger partial charge in [0.25, 0.3) is 5.91 Å². The van der Waals surface area contributed by atoms with Crippen LogP contribution in [0.15, 0.2) is 43.1 Å². The fraction of sp³-hybridized carbons (Fsp3) is 0.308. The average molecular weight is 561 g/mol. The Hall–Kier alpha value is -5.05. The lowest BCUT2D eigenvalue weighted by atomic mass is 10.1. The topological polar surface area (TPSA) is 156 Å². The van der Waals surface area contributed by atoms with Crippen LogP contribution in [0.4, 0.5) is 4.39 Å². The summed E-state index contributed by atoms with van der Waals surface area (Å²) in [5.74, 6) is -0.634. The number of aldehydes is 1. The number of pyridine rings is 1. The van der Waals surface area contributed by atoms with E-state index in [0.29, 0.717) is 17.3 Å². The maximum atomic E-state index is 15.1. The van der Waals surface area contributed by atoms with E-state index in [1.807, 2.05) is 10.6 Å². The molecule has 4 aromatic heterocycles. The van der Waals surface area contributed by atoms with Crippen LogP contribution in [0.25, 0.3) is 11.3 Å². The van der Waals surface area contributed by atoms with Crippen molar-refractivity contribution in [1.82, 2.24) is 49.9 Å². The molecule has 0 aliphatic heterocycles. The van der Waals surface area contributed by atoms with Crippen LogP contribution in [0, 0.1) is 5.82 Å². The minimum Gasteiger partial charge on any atom is -0.494 e. The smallest absolute Gasteiger partial charge is 0.273 e. The SMILES string of the molecule is COc1ccc(-n2cnnn2)c(CNC(=O)c2cn(Cc3cn4cc(C5CC5)cc(COCC=O)c4n3)nn2)c1F. The molecule has 0 bridgehead atoms. The van der Waals surface area contributed by atoms with Gasteiger partial charge < -0.3 is 24.0 Å². The van der Waals surface area contributed by atoms with Crippen LogP contribution in [0.1, 0.15) is 51.6 Å². The van der Waals surface area contributed by atoms with Crippen molar-refractivity contribution in [3.63, 3.8) is 0 Å². The van der Waals surface area contributed by atoms with Gasteiger partial charge >= 0.3 is 0 Å². The lowest BCUT2D eigenvalue weighted by molar-refractivity contribution is -0.112. The number of hydrogen-bond acceptors (Lipinski definition) is 10. The number of fused-ring (bicyclic) bond motifs is 1. The van der Waals surface area contributed by atoms with Gasteiger partial charge in [-0.25, -0.2) is 18.7 Å². The lowest BCUT2D eigenvalue weighted by Gasteiger charge is -2.13. The van der Waals surface area contributed by atoms with Crippen LogP contribution >= 0.6 is 0 Å². The number of hydrogen-bond donors (Lipinski definition) is 1. The summed E-state index contributed by atoms with van der Waals surface area (Å²) in [4.78, 5) is 28.3. The molecule has 1 saturated carbocycles. The van der Waals surface area contributed by atoms with Crippen molar-refractivity contribution in [3.05, 3.63) is 77.0 Å². The molecule has 1 fully saturated rings. The highest BCUT2D eigenvalue weighted by Crippen LogP contribution is 2.40. The van der Waals surface area contributed by atoms with Gasteiger partial charge in [-0.2, -0.15) is 0 Å². The van der Waals surface area contributed by atoms with Crippen molar-refractivity contribution >= 4 is 17.8 Å². The maximum absolute atomic E-state index is 15.1. The maximum Gasteiger partial charge on any atom is 0.273 e. The molecule has 0 saturated heterocycles. The van der Waals surface area contributed by atoms with Crippen LogP contribution in [0.5, 0.6) is 5.75 Å². The third-order valence-corrected chi connectivity index (χ3v) is 6.71. The van der Waals surface area contributed by atoms with E-state index in [-0.39, 0.29) is 43.3 Å². The van der Waals surface area contributed by atoms with Crippen molar-refractivity contribution in [2.75, 3.05) is 13.7 Å². The average Bonchev–Trinajstić information content (AvgIpc) is 3.32. The number of ether oxygens (including phenoxy) is 2. The predicted octanol–water partition coefficient (Wildman–Crippen LogP) is 1.62. The zero-order valence-electron chi connectivity index (χ0n) is 22.0. The molecule has 1 amide bonds. The summed E-state index contributed by atoms with van der Waals surface area (Å²) in [7, 11) is 1.35. The summed E-state index contributed by atoms with van der Waals surface area (Å²) in [5, 5.41) is 21.7. The summed E-state index contributed by atoms with van der Waals surface area (Å²) in [6.45, 7) is 0.383. The van der Waals surface area contributed by atoms with Gasteiger partial charge in [0.1, 0.15) is 24.9 Å². The number of carbonyl (C=O) groups is 2. The second-order valence-corrected chi connectivity index (χ2v) is 9.54.